The molecule has 0 aliphatic heterocycles. The van der Waals surface area contributed by atoms with Crippen molar-refractivity contribution in [3.05, 3.63) is 23.7 Å². The Kier molecular flexibility index (Phi) is 4.85. The molecule has 0 spiro atoms. The van der Waals surface area contributed by atoms with Crippen molar-refractivity contribution >= 4 is 17.5 Å². The van der Waals surface area contributed by atoms with Crippen molar-refractivity contribution < 1.29 is 9.21 Å². The number of hydrogen-bond donors (Lipinski definition) is 0. The minimum atomic E-state index is -0.548. The first-order chi connectivity index (χ1) is 8.27. The number of rotatable bonds is 5. The number of carbonyl (C=O) groups excluding carboxylic acids is 1. The van der Waals surface area contributed by atoms with Crippen LogP contribution in [0.3, 0.4) is 0 Å². The normalized spacial score (nSPS) is 11.9. The molecule has 3 nitrogen and oxygen atoms in total. The van der Waals surface area contributed by atoms with Gasteiger partial charge in [-0.3, -0.25) is 4.79 Å². The van der Waals surface area contributed by atoms with Crippen LogP contribution in [0.4, 0.5) is 0 Å². The van der Waals surface area contributed by atoms with Crippen LogP contribution in [-0.4, -0.2) is 22.7 Å². The highest BCUT2D eigenvalue weighted by molar-refractivity contribution is 6.19. The Morgan fingerprint density at radius 2 is 2.06 bits per heavy atom. The minimum Gasteiger partial charge on any atom is -0.464 e. The molecule has 0 radical (unpaired) electrons. The van der Waals surface area contributed by atoms with E-state index < -0.39 is 5.41 Å². The van der Waals surface area contributed by atoms with Gasteiger partial charge in [-0.1, -0.05) is 0 Å². The first-order valence-electron chi connectivity index (χ1n) is 6.20. The van der Waals surface area contributed by atoms with E-state index in [2.05, 4.69) is 0 Å². The average molecular weight is 272 g/mol. The zero-order chi connectivity index (χ0) is 13.9. The summed E-state index contributed by atoms with van der Waals surface area (Å²) in [7, 11) is 0. The highest BCUT2D eigenvalue weighted by Gasteiger charge is 2.32. The molecule has 102 valence electrons. The molecule has 0 fully saturated rings. The third-order valence-corrected chi connectivity index (χ3v) is 3.59. The molecule has 0 bridgehead atoms. The standard InChI is InChI=1S/C14H22ClNO2/c1-10(2)16(13(17)14(4,5)9-15)8-12-7-6-11(3)18-12/h6-7,10H,8-9H2,1-5H3. The van der Waals surface area contributed by atoms with E-state index in [1.165, 1.54) is 0 Å². The SMILES string of the molecule is Cc1ccc(CN(C(=O)C(C)(C)CCl)C(C)C)o1. The van der Waals surface area contributed by atoms with Crippen molar-refractivity contribution in [1.82, 2.24) is 4.90 Å². The van der Waals surface area contributed by atoms with Crippen LogP contribution in [-0.2, 0) is 11.3 Å². The quantitative estimate of drug-likeness (QED) is 0.767. The van der Waals surface area contributed by atoms with E-state index in [4.69, 9.17) is 16.0 Å². The first kappa shape index (κ1) is 15.1. The molecular formula is C14H22ClNO2. The van der Waals surface area contributed by atoms with Crippen molar-refractivity contribution in [2.75, 3.05) is 5.88 Å². The van der Waals surface area contributed by atoms with Gasteiger partial charge in [0.1, 0.15) is 11.5 Å². The number of nitrogens with zero attached hydrogens (tertiary/aromatic N) is 1. The average Bonchev–Trinajstić information content (AvgIpc) is 2.70. The maximum Gasteiger partial charge on any atom is 0.230 e. The molecule has 0 saturated heterocycles. The summed E-state index contributed by atoms with van der Waals surface area (Å²) in [6.07, 6.45) is 0. The highest BCUT2D eigenvalue weighted by atomic mass is 35.5. The molecular weight excluding hydrogens is 250 g/mol. The van der Waals surface area contributed by atoms with Crippen molar-refractivity contribution in [3.8, 4) is 0 Å². The molecule has 0 unspecified atom stereocenters. The summed E-state index contributed by atoms with van der Waals surface area (Å²) in [5, 5.41) is 0. The minimum absolute atomic E-state index is 0.0570. The molecule has 0 aliphatic carbocycles. The van der Waals surface area contributed by atoms with Crippen LogP contribution >= 0.6 is 11.6 Å². The van der Waals surface area contributed by atoms with Crippen LogP contribution in [0, 0.1) is 12.3 Å². The van der Waals surface area contributed by atoms with Crippen molar-refractivity contribution in [2.45, 2.75) is 47.2 Å². The third-order valence-electron chi connectivity index (χ3n) is 2.92. The molecule has 1 amide bonds. The second-order valence-corrected chi connectivity index (χ2v) is 5.82. The second-order valence-electron chi connectivity index (χ2n) is 5.56. The fraction of sp³-hybridized carbons (Fsp3) is 0.643. The Balaban J connectivity index is 2.87. The monoisotopic (exact) mass is 271 g/mol. The second kappa shape index (κ2) is 5.79. The predicted molar refractivity (Wildman–Crippen MR) is 73.6 cm³/mol. The van der Waals surface area contributed by atoms with Crippen LogP contribution in [0.25, 0.3) is 0 Å². The molecule has 0 aromatic carbocycles. The van der Waals surface area contributed by atoms with Crippen molar-refractivity contribution in [3.63, 3.8) is 0 Å². The van der Waals surface area contributed by atoms with Crippen LogP contribution in [0.2, 0.25) is 0 Å². The number of amides is 1. The van der Waals surface area contributed by atoms with Crippen molar-refractivity contribution in [1.29, 1.82) is 0 Å². The third kappa shape index (κ3) is 3.52. The van der Waals surface area contributed by atoms with Gasteiger partial charge in [0.15, 0.2) is 0 Å². The number of furan rings is 1. The summed E-state index contributed by atoms with van der Waals surface area (Å²) in [4.78, 5) is 14.3. The van der Waals surface area contributed by atoms with Gasteiger partial charge in [0.05, 0.1) is 12.0 Å². The molecule has 0 saturated carbocycles. The summed E-state index contributed by atoms with van der Waals surface area (Å²) in [6, 6.07) is 3.93. The lowest BCUT2D eigenvalue weighted by molar-refractivity contribution is -0.142. The van der Waals surface area contributed by atoms with Gasteiger partial charge in [-0.05, 0) is 46.8 Å². The van der Waals surface area contributed by atoms with Gasteiger partial charge in [-0.2, -0.15) is 0 Å². The molecule has 1 rings (SSSR count). The van der Waals surface area contributed by atoms with Gasteiger partial charge in [0.25, 0.3) is 0 Å². The fourth-order valence-electron chi connectivity index (χ4n) is 1.67. The molecule has 4 heteroatoms. The molecule has 1 aromatic heterocycles. The van der Waals surface area contributed by atoms with Gasteiger partial charge in [0.2, 0.25) is 5.91 Å². The summed E-state index contributed by atoms with van der Waals surface area (Å²) >= 11 is 5.87. The lowest BCUT2D eigenvalue weighted by Crippen LogP contribution is -2.45. The van der Waals surface area contributed by atoms with Gasteiger partial charge in [0, 0.05) is 11.9 Å². The van der Waals surface area contributed by atoms with Crippen molar-refractivity contribution in [2.24, 2.45) is 5.41 Å². The van der Waals surface area contributed by atoms with E-state index in [0.717, 1.165) is 11.5 Å². The first-order valence-corrected chi connectivity index (χ1v) is 6.73. The summed E-state index contributed by atoms with van der Waals surface area (Å²) in [5.74, 6) is 2.03. The molecule has 1 aromatic rings. The topological polar surface area (TPSA) is 33.5 Å². The summed E-state index contributed by atoms with van der Waals surface area (Å²) in [6.45, 7) is 10.1. The number of alkyl halides is 1. The van der Waals surface area contributed by atoms with E-state index >= 15 is 0 Å². The summed E-state index contributed by atoms with van der Waals surface area (Å²) in [5.41, 5.74) is -0.548. The van der Waals surface area contributed by atoms with Crippen LogP contribution < -0.4 is 0 Å². The zero-order valence-corrected chi connectivity index (χ0v) is 12.5. The molecule has 18 heavy (non-hydrogen) atoms. The van der Waals surface area contributed by atoms with Gasteiger partial charge < -0.3 is 9.32 Å². The Labute approximate surface area is 114 Å². The Hall–Kier alpha value is -0.960. The van der Waals surface area contributed by atoms with Gasteiger partial charge >= 0.3 is 0 Å². The number of carbonyl (C=O) groups is 1. The van der Waals surface area contributed by atoms with E-state index in [0.29, 0.717) is 12.4 Å². The lowest BCUT2D eigenvalue weighted by atomic mass is 9.93. The fourth-order valence-corrected chi connectivity index (χ4v) is 1.79. The molecule has 0 atom stereocenters. The predicted octanol–water partition coefficient (Wildman–Crippen LogP) is 3.59. The Bertz CT molecular complexity index is 410. The number of halogens is 1. The van der Waals surface area contributed by atoms with Crippen LogP contribution in [0.15, 0.2) is 16.5 Å². The van der Waals surface area contributed by atoms with E-state index in [1.807, 2.05) is 46.8 Å². The van der Waals surface area contributed by atoms with E-state index in [-0.39, 0.29) is 11.9 Å². The smallest absolute Gasteiger partial charge is 0.230 e. The maximum absolute atomic E-state index is 12.4. The zero-order valence-electron chi connectivity index (χ0n) is 11.8. The number of hydrogen-bond acceptors (Lipinski definition) is 2. The van der Waals surface area contributed by atoms with E-state index in [1.54, 1.807) is 4.90 Å². The highest BCUT2D eigenvalue weighted by Crippen LogP contribution is 2.24. The maximum atomic E-state index is 12.4. The van der Waals surface area contributed by atoms with Gasteiger partial charge in [-0.15, -0.1) is 11.6 Å². The molecule has 1 heterocycles. The largest absolute Gasteiger partial charge is 0.464 e. The van der Waals surface area contributed by atoms with Gasteiger partial charge in [-0.25, -0.2) is 0 Å². The van der Waals surface area contributed by atoms with E-state index in [9.17, 15) is 4.79 Å². The number of aryl methyl sites for hydroxylation is 1. The molecule has 0 aliphatic rings. The Morgan fingerprint density at radius 1 is 1.44 bits per heavy atom. The Morgan fingerprint density at radius 3 is 2.44 bits per heavy atom. The summed E-state index contributed by atoms with van der Waals surface area (Å²) < 4.78 is 5.53. The molecule has 0 N–H and O–H groups in total. The van der Waals surface area contributed by atoms with Crippen LogP contribution in [0.1, 0.15) is 39.2 Å². The lowest BCUT2D eigenvalue weighted by Gasteiger charge is -2.33. The van der Waals surface area contributed by atoms with Crippen LogP contribution in [0.5, 0.6) is 0 Å².